The van der Waals surface area contributed by atoms with Crippen LogP contribution in [0.15, 0.2) is 118 Å². The number of nitrogens with one attached hydrogen (secondary N) is 1. The molecule has 10 heteroatoms. The Bertz CT molecular complexity index is 1640. The number of benzene rings is 2. The highest BCUT2D eigenvalue weighted by Gasteiger charge is 2.15. The molecular formula is C32H30N4O5S. The molecule has 0 radical (unpaired) electrons. The van der Waals surface area contributed by atoms with Crippen molar-refractivity contribution in [2.45, 2.75) is 37.5 Å². The predicted octanol–water partition coefficient (Wildman–Crippen LogP) is 7.27. The third kappa shape index (κ3) is 10.4. The molecule has 0 atom stereocenters. The van der Waals surface area contributed by atoms with Crippen LogP contribution in [0.3, 0.4) is 0 Å². The number of carbonyl (C=O) groups excluding carboxylic acids is 2. The summed E-state index contributed by atoms with van der Waals surface area (Å²) in [5, 5.41) is 8.25. The van der Waals surface area contributed by atoms with E-state index in [1.807, 2.05) is 30.4 Å². The second-order valence-electron chi connectivity index (χ2n) is 8.72. The number of allylic oxidation sites excluding steroid dienone is 5. The lowest BCUT2D eigenvalue weighted by molar-refractivity contribution is -0.133. The van der Waals surface area contributed by atoms with E-state index in [1.54, 1.807) is 30.3 Å². The van der Waals surface area contributed by atoms with Gasteiger partial charge in [0.1, 0.15) is 11.6 Å². The van der Waals surface area contributed by atoms with E-state index in [0.717, 1.165) is 6.42 Å². The van der Waals surface area contributed by atoms with Crippen molar-refractivity contribution in [1.82, 2.24) is 4.98 Å². The molecule has 0 saturated carbocycles. The summed E-state index contributed by atoms with van der Waals surface area (Å²) < 4.78 is 32.9. The minimum absolute atomic E-state index is 0.0351. The summed E-state index contributed by atoms with van der Waals surface area (Å²) in [5.41, 5.74) is 0.939. The van der Waals surface area contributed by atoms with Crippen LogP contribution in [0.1, 0.15) is 43.0 Å². The molecule has 3 aromatic rings. The zero-order chi connectivity index (χ0) is 30.2. The molecule has 1 N–H and O–H groups in total. The molecule has 0 amide bonds. The Morgan fingerprint density at radius 3 is 2.26 bits per heavy atom. The fourth-order valence-corrected chi connectivity index (χ4v) is 4.42. The maximum absolute atomic E-state index is 12.6. The molecule has 0 spiro atoms. The quantitative estimate of drug-likeness (QED) is 0.0532. The molecule has 0 saturated heterocycles. The van der Waals surface area contributed by atoms with Gasteiger partial charge in [0, 0.05) is 12.6 Å². The molecule has 0 bridgehead atoms. The molecular weight excluding hydrogens is 552 g/mol. The molecule has 42 heavy (non-hydrogen) atoms. The Morgan fingerprint density at radius 2 is 1.60 bits per heavy atom. The van der Waals surface area contributed by atoms with Crippen LogP contribution in [0.4, 0.5) is 17.2 Å². The molecule has 3 rings (SSSR count). The van der Waals surface area contributed by atoms with Crippen molar-refractivity contribution < 1.29 is 22.7 Å². The van der Waals surface area contributed by atoms with Crippen LogP contribution in [0.5, 0.6) is 5.75 Å². The van der Waals surface area contributed by atoms with E-state index in [0.29, 0.717) is 24.2 Å². The molecule has 0 unspecified atom stereocenters. The summed E-state index contributed by atoms with van der Waals surface area (Å²) in [6.45, 7) is 1.36. The molecule has 0 aliphatic carbocycles. The third-order valence-electron chi connectivity index (χ3n) is 5.46. The number of sulfonamides is 1. The van der Waals surface area contributed by atoms with Gasteiger partial charge in [-0.25, -0.2) is 13.4 Å². The maximum Gasteiger partial charge on any atom is 0.315 e. The van der Waals surface area contributed by atoms with Gasteiger partial charge < -0.3 is 4.74 Å². The highest BCUT2D eigenvalue weighted by atomic mass is 32.2. The fourth-order valence-electron chi connectivity index (χ4n) is 3.41. The van der Waals surface area contributed by atoms with Gasteiger partial charge in [-0.3, -0.25) is 14.3 Å². The van der Waals surface area contributed by atoms with Crippen molar-refractivity contribution in [3.8, 4) is 18.1 Å². The Hall–Kier alpha value is -5.14. The normalized spacial score (nSPS) is 11.8. The predicted molar refractivity (Wildman–Crippen MR) is 162 cm³/mol. The van der Waals surface area contributed by atoms with E-state index >= 15 is 0 Å². The Labute approximate surface area is 245 Å². The van der Waals surface area contributed by atoms with Crippen molar-refractivity contribution in [3.63, 3.8) is 0 Å². The monoisotopic (exact) mass is 582 g/mol. The first-order chi connectivity index (χ1) is 20.3. The largest absolute Gasteiger partial charge is 0.426 e. The van der Waals surface area contributed by atoms with Gasteiger partial charge in [0.05, 0.1) is 28.3 Å². The van der Waals surface area contributed by atoms with Gasteiger partial charge in [0.2, 0.25) is 0 Å². The summed E-state index contributed by atoms with van der Waals surface area (Å²) in [6, 6.07) is 15.2. The van der Waals surface area contributed by atoms with Crippen LogP contribution in [0.25, 0.3) is 0 Å². The SMILES string of the molecule is C#CC/C=C\C/C=C\C/C=C\CC(=O)Oc1ccc(N=Nc2ccc(S(=O)(=O)Nc3ccccn3)cc2)cc1C(C)=O. The number of rotatable bonds is 14. The summed E-state index contributed by atoms with van der Waals surface area (Å²) in [4.78, 5) is 28.5. The molecule has 214 valence electrons. The van der Waals surface area contributed by atoms with Gasteiger partial charge in [-0.15, -0.1) is 12.3 Å². The average molecular weight is 583 g/mol. The van der Waals surface area contributed by atoms with E-state index in [4.69, 9.17) is 11.2 Å². The maximum atomic E-state index is 12.6. The number of anilines is 1. The summed E-state index contributed by atoms with van der Waals surface area (Å²) >= 11 is 0. The number of hydrogen-bond donors (Lipinski definition) is 1. The van der Waals surface area contributed by atoms with E-state index < -0.39 is 16.0 Å². The van der Waals surface area contributed by atoms with Crippen molar-refractivity contribution >= 4 is 39.0 Å². The van der Waals surface area contributed by atoms with Crippen LogP contribution < -0.4 is 9.46 Å². The van der Waals surface area contributed by atoms with E-state index in [-0.39, 0.29) is 34.2 Å². The molecule has 0 aliphatic heterocycles. The zero-order valence-electron chi connectivity index (χ0n) is 23.0. The molecule has 0 fully saturated rings. The lowest BCUT2D eigenvalue weighted by atomic mass is 10.1. The number of nitrogens with zero attached hydrogens (tertiary/aromatic N) is 3. The zero-order valence-corrected chi connectivity index (χ0v) is 23.8. The summed E-state index contributed by atoms with van der Waals surface area (Å²) in [6.07, 6.45) is 20.3. The second-order valence-corrected chi connectivity index (χ2v) is 10.4. The van der Waals surface area contributed by atoms with E-state index in [1.165, 1.54) is 49.5 Å². The van der Waals surface area contributed by atoms with Gasteiger partial charge >= 0.3 is 5.97 Å². The van der Waals surface area contributed by atoms with Crippen molar-refractivity contribution in [2.24, 2.45) is 10.2 Å². The van der Waals surface area contributed by atoms with Crippen LogP contribution in [-0.2, 0) is 14.8 Å². The number of esters is 1. The molecule has 1 heterocycles. The first kappa shape index (κ1) is 31.4. The lowest BCUT2D eigenvalue weighted by Crippen LogP contribution is -2.13. The fraction of sp³-hybridized carbons (Fsp3) is 0.156. The molecule has 2 aromatic carbocycles. The number of terminal acetylenes is 1. The van der Waals surface area contributed by atoms with Gasteiger partial charge in [-0.1, -0.05) is 42.5 Å². The Balaban J connectivity index is 1.57. The number of pyridine rings is 1. The van der Waals surface area contributed by atoms with E-state index in [2.05, 4.69) is 25.9 Å². The Kier molecular flexibility index (Phi) is 12.1. The van der Waals surface area contributed by atoms with Crippen molar-refractivity contribution in [2.75, 3.05) is 4.72 Å². The number of hydrogen-bond acceptors (Lipinski definition) is 8. The highest BCUT2D eigenvalue weighted by Crippen LogP contribution is 2.27. The van der Waals surface area contributed by atoms with Crippen molar-refractivity contribution in [3.05, 3.63) is 109 Å². The molecule has 1 aromatic heterocycles. The van der Waals surface area contributed by atoms with Crippen LogP contribution in [0.2, 0.25) is 0 Å². The average Bonchev–Trinajstić information content (AvgIpc) is 2.98. The van der Waals surface area contributed by atoms with Crippen LogP contribution in [0, 0.1) is 12.3 Å². The van der Waals surface area contributed by atoms with Gasteiger partial charge in [-0.05, 0) is 74.4 Å². The van der Waals surface area contributed by atoms with Gasteiger partial charge in [0.25, 0.3) is 10.0 Å². The smallest absolute Gasteiger partial charge is 0.315 e. The minimum Gasteiger partial charge on any atom is -0.426 e. The van der Waals surface area contributed by atoms with E-state index in [9.17, 15) is 18.0 Å². The van der Waals surface area contributed by atoms with Gasteiger partial charge in [-0.2, -0.15) is 10.2 Å². The summed E-state index contributed by atoms with van der Waals surface area (Å²) in [7, 11) is -3.82. The van der Waals surface area contributed by atoms with Crippen molar-refractivity contribution in [1.29, 1.82) is 0 Å². The minimum atomic E-state index is -3.82. The number of azo groups is 1. The van der Waals surface area contributed by atoms with Gasteiger partial charge in [0.15, 0.2) is 5.78 Å². The topological polar surface area (TPSA) is 127 Å². The molecule has 9 nitrogen and oxygen atoms in total. The first-order valence-corrected chi connectivity index (χ1v) is 14.5. The number of aromatic nitrogens is 1. The standard InChI is InChI=1S/C32H30N4O5S/c1-3-4-5-6-7-8-9-10-11-12-16-32(38)41-30-22-19-27(24-29(30)25(2)37)35-34-26-17-20-28(21-18-26)42(39,40)36-31-15-13-14-23-33-31/h1,5-6,8-9,11-15,17-24H,4,7,10,16H2,2H3,(H,33,36)/b6-5-,9-8-,12-11-,35-34?. The number of carbonyl (C=O) groups is 2. The lowest BCUT2D eigenvalue weighted by Gasteiger charge is -2.08. The molecule has 0 aliphatic rings. The van der Waals surface area contributed by atoms with Crippen LogP contribution in [-0.4, -0.2) is 25.2 Å². The first-order valence-electron chi connectivity index (χ1n) is 13.0. The Morgan fingerprint density at radius 1 is 0.929 bits per heavy atom. The number of ketones is 1. The third-order valence-corrected chi connectivity index (χ3v) is 6.83. The van der Waals surface area contributed by atoms with Crippen LogP contribution >= 0.6 is 0 Å². The second kappa shape index (κ2) is 16.2. The number of Topliss-reactive ketones (excluding diaryl/α,β-unsaturated/α-hetero) is 1. The number of ether oxygens (including phenoxy) is 1. The highest BCUT2D eigenvalue weighted by molar-refractivity contribution is 7.92. The summed E-state index contributed by atoms with van der Waals surface area (Å²) in [5.74, 6) is 2.07.